The number of non-ortho nitro benzene ring substituents is 1. The lowest BCUT2D eigenvalue weighted by molar-refractivity contribution is -0.385. The van der Waals surface area contributed by atoms with Crippen molar-refractivity contribution in [3.63, 3.8) is 0 Å². The lowest BCUT2D eigenvalue weighted by Gasteiger charge is -2.37. The van der Waals surface area contributed by atoms with E-state index in [4.69, 9.17) is 0 Å². The van der Waals surface area contributed by atoms with E-state index in [0.29, 0.717) is 13.1 Å². The molecule has 7 heteroatoms. The fourth-order valence-corrected chi connectivity index (χ4v) is 2.27. The van der Waals surface area contributed by atoms with Crippen LogP contribution in [0, 0.1) is 15.9 Å². The Morgan fingerprint density at radius 2 is 2.15 bits per heavy atom. The molecular weight excluding hydrogens is 265 g/mol. The van der Waals surface area contributed by atoms with Crippen molar-refractivity contribution < 1.29 is 14.1 Å². The molecule has 1 saturated heterocycles. The predicted molar refractivity (Wildman–Crippen MR) is 71.0 cm³/mol. The van der Waals surface area contributed by atoms with Crippen LogP contribution in [0.15, 0.2) is 18.2 Å². The van der Waals surface area contributed by atoms with Gasteiger partial charge in [0.15, 0.2) is 0 Å². The predicted octanol–water partition coefficient (Wildman–Crippen LogP) is 1.56. The summed E-state index contributed by atoms with van der Waals surface area (Å²) in [6.07, 6.45) is 0. The first-order valence-electron chi connectivity index (χ1n) is 6.38. The second-order valence-electron chi connectivity index (χ2n) is 5.07. The van der Waals surface area contributed by atoms with Crippen molar-refractivity contribution in [2.24, 2.45) is 0 Å². The number of amides is 1. The van der Waals surface area contributed by atoms with Gasteiger partial charge < -0.3 is 10.2 Å². The number of piperazine rings is 1. The summed E-state index contributed by atoms with van der Waals surface area (Å²) in [6, 6.07) is 3.06. The Hall–Kier alpha value is -2.02. The molecule has 1 aliphatic heterocycles. The number of carbonyl (C=O) groups excluding carboxylic acids is 1. The zero-order valence-corrected chi connectivity index (χ0v) is 11.3. The maximum atomic E-state index is 13.4. The molecule has 108 valence electrons. The van der Waals surface area contributed by atoms with Crippen molar-refractivity contribution in [2.75, 3.05) is 13.1 Å². The molecule has 0 aliphatic carbocycles. The summed E-state index contributed by atoms with van der Waals surface area (Å²) in [5.74, 6) is -1.16. The van der Waals surface area contributed by atoms with Gasteiger partial charge in [-0.3, -0.25) is 14.9 Å². The van der Waals surface area contributed by atoms with E-state index < -0.39 is 16.4 Å². The Balaban J connectivity index is 2.30. The van der Waals surface area contributed by atoms with E-state index in [1.807, 2.05) is 13.8 Å². The minimum atomic E-state index is -0.779. The number of benzene rings is 1. The summed E-state index contributed by atoms with van der Waals surface area (Å²) in [4.78, 5) is 24.0. The van der Waals surface area contributed by atoms with Crippen molar-refractivity contribution in [3.8, 4) is 0 Å². The lowest BCUT2D eigenvalue weighted by Crippen LogP contribution is -2.56. The number of halogens is 1. The third-order valence-corrected chi connectivity index (χ3v) is 3.37. The number of nitrogens with one attached hydrogen (secondary N) is 1. The van der Waals surface area contributed by atoms with Crippen LogP contribution in [0.3, 0.4) is 0 Å². The molecule has 0 spiro atoms. The minimum Gasteiger partial charge on any atom is -0.333 e. The molecule has 0 radical (unpaired) electrons. The van der Waals surface area contributed by atoms with Crippen LogP contribution in [0.5, 0.6) is 0 Å². The molecule has 0 saturated carbocycles. The number of nitro benzene ring substituents is 1. The molecule has 1 amide bonds. The van der Waals surface area contributed by atoms with Crippen molar-refractivity contribution in [3.05, 3.63) is 39.7 Å². The zero-order valence-electron chi connectivity index (χ0n) is 11.3. The largest absolute Gasteiger partial charge is 0.333 e. The summed E-state index contributed by atoms with van der Waals surface area (Å²) in [5, 5.41) is 14.0. The van der Waals surface area contributed by atoms with Crippen LogP contribution in [-0.2, 0) is 0 Å². The van der Waals surface area contributed by atoms with Crippen molar-refractivity contribution in [1.82, 2.24) is 10.2 Å². The zero-order chi connectivity index (χ0) is 14.9. The number of nitrogens with zero attached hydrogens (tertiary/aromatic N) is 2. The molecule has 0 bridgehead atoms. The van der Waals surface area contributed by atoms with E-state index >= 15 is 0 Å². The van der Waals surface area contributed by atoms with Crippen molar-refractivity contribution in [1.29, 1.82) is 0 Å². The van der Waals surface area contributed by atoms with Gasteiger partial charge in [0, 0.05) is 36.8 Å². The van der Waals surface area contributed by atoms with E-state index in [9.17, 15) is 19.3 Å². The van der Waals surface area contributed by atoms with Crippen LogP contribution >= 0.6 is 0 Å². The standard InChI is InChI=1S/C13H16FN3O3/c1-8-7-16(9(2)6-15-8)13(18)10-3-11(14)5-12(4-10)17(19)20/h3-5,8-9,15H,6-7H2,1-2H3. The summed E-state index contributed by atoms with van der Waals surface area (Å²) in [6.45, 7) is 4.96. The van der Waals surface area contributed by atoms with Crippen molar-refractivity contribution in [2.45, 2.75) is 25.9 Å². The second kappa shape index (κ2) is 5.54. The molecule has 1 aromatic carbocycles. The van der Waals surface area contributed by atoms with E-state index in [1.165, 1.54) is 0 Å². The maximum Gasteiger partial charge on any atom is 0.273 e. The fourth-order valence-electron chi connectivity index (χ4n) is 2.27. The van der Waals surface area contributed by atoms with Gasteiger partial charge in [-0.25, -0.2) is 4.39 Å². The first kappa shape index (κ1) is 14.4. The van der Waals surface area contributed by atoms with Gasteiger partial charge in [0.2, 0.25) is 0 Å². The van der Waals surface area contributed by atoms with Gasteiger partial charge in [-0.1, -0.05) is 0 Å². The Bertz CT molecular complexity index is 550. The minimum absolute atomic E-state index is 0.0117. The molecule has 1 N–H and O–H groups in total. The van der Waals surface area contributed by atoms with E-state index in [-0.39, 0.29) is 23.6 Å². The quantitative estimate of drug-likeness (QED) is 0.659. The monoisotopic (exact) mass is 281 g/mol. The van der Waals surface area contributed by atoms with E-state index in [0.717, 1.165) is 18.2 Å². The van der Waals surface area contributed by atoms with Crippen LogP contribution in [-0.4, -0.2) is 40.9 Å². The highest BCUT2D eigenvalue weighted by atomic mass is 19.1. The Labute approximate surface area is 115 Å². The topological polar surface area (TPSA) is 75.5 Å². The van der Waals surface area contributed by atoms with E-state index in [1.54, 1.807) is 4.90 Å². The highest BCUT2D eigenvalue weighted by molar-refractivity contribution is 5.95. The first-order valence-corrected chi connectivity index (χ1v) is 6.38. The summed E-state index contributed by atoms with van der Waals surface area (Å²) >= 11 is 0. The maximum absolute atomic E-state index is 13.4. The smallest absolute Gasteiger partial charge is 0.273 e. The molecule has 2 unspecified atom stereocenters. The molecule has 1 heterocycles. The average Bonchev–Trinajstić information content (AvgIpc) is 2.40. The molecule has 1 aromatic rings. The van der Waals surface area contributed by atoms with Gasteiger partial charge in [0.05, 0.1) is 11.0 Å². The Morgan fingerprint density at radius 1 is 1.45 bits per heavy atom. The number of carbonyl (C=O) groups is 1. The third-order valence-electron chi connectivity index (χ3n) is 3.37. The summed E-state index contributed by atoms with van der Waals surface area (Å²) in [7, 11) is 0. The van der Waals surface area contributed by atoms with Crippen LogP contribution < -0.4 is 5.32 Å². The van der Waals surface area contributed by atoms with Gasteiger partial charge in [-0.15, -0.1) is 0 Å². The average molecular weight is 281 g/mol. The Kier molecular flexibility index (Phi) is 3.99. The van der Waals surface area contributed by atoms with Gasteiger partial charge >= 0.3 is 0 Å². The Morgan fingerprint density at radius 3 is 2.80 bits per heavy atom. The molecule has 0 aromatic heterocycles. The molecule has 1 fully saturated rings. The fraction of sp³-hybridized carbons (Fsp3) is 0.462. The van der Waals surface area contributed by atoms with Crippen LogP contribution in [0.4, 0.5) is 10.1 Å². The van der Waals surface area contributed by atoms with E-state index in [2.05, 4.69) is 5.32 Å². The van der Waals surface area contributed by atoms with Crippen molar-refractivity contribution >= 4 is 11.6 Å². The molecular formula is C13H16FN3O3. The summed E-state index contributed by atoms with van der Waals surface area (Å²) < 4.78 is 13.4. The number of hydrogen-bond donors (Lipinski definition) is 1. The number of hydrogen-bond acceptors (Lipinski definition) is 4. The van der Waals surface area contributed by atoms with Gasteiger partial charge in [0.25, 0.3) is 11.6 Å². The molecule has 2 rings (SSSR count). The molecule has 2 atom stereocenters. The first-order chi connectivity index (χ1) is 9.38. The lowest BCUT2D eigenvalue weighted by atomic mass is 10.1. The molecule has 1 aliphatic rings. The summed E-state index contributed by atoms with van der Waals surface area (Å²) in [5.41, 5.74) is -0.401. The molecule has 6 nitrogen and oxygen atoms in total. The van der Waals surface area contributed by atoms with Gasteiger partial charge in [-0.05, 0) is 19.9 Å². The SMILES string of the molecule is CC1CN(C(=O)c2cc(F)cc([N+](=O)[O-])c2)C(C)CN1. The third kappa shape index (κ3) is 2.93. The highest BCUT2D eigenvalue weighted by Crippen LogP contribution is 2.19. The van der Waals surface area contributed by atoms with Crippen LogP contribution in [0.1, 0.15) is 24.2 Å². The highest BCUT2D eigenvalue weighted by Gasteiger charge is 2.28. The van der Waals surface area contributed by atoms with Crippen LogP contribution in [0.2, 0.25) is 0 Å². The number of nitro groups is 1. The van der Waals surface area contributed by atoms with Crippen LogP contribution in [0.25, 0.3) is 0 Å². The molecule has 20 heavy (non-hydrogen) atoms. The second-order valence-corrected chi connectivity index (χ2v) is 5.07. The normalized spacial score (nSPS) is 22.6. The number of rotatable bonds is 2. The van der Waals surface area contributed by atoms with Gasteiger partial charge in [-0.2, -0.15) is 0 Å². The van der Waals surface area contributed by atoms with Gasteiger partial charge in [0.1, 0.15) is 5.82 Å².